The molecule has 4 nitrogen and oxygen atoms in total. The molecule has 1 saturated carbocycles. The Labute approximate surface area is 115 Å². The molecule has 1 aromatic rings. The van der Waals surface area contributed by atoms with Crippen LogP contribution in [0.2, 0.25) is 0 Å². The first-order valence-electron chi connectivity index (χ1n) is 7.17. The van der Waals surface area contributed by atoms with Gasteiger partial charge in [-0.15, -0.1) is 0 Å². The van der Waals surface area contributed by atoms with Crippen molar-refractivity contribution in [3.8, 4) is 5.88 Å². The van der Waals surface area contributed by atoms with E-state index in [2.05, 4.69) is 28.2 Å². The summed E-state index contributed by atoms with van der Waals surface area (Å²) < 4.78 is 5.38. The summed E-state index contributed by atoms with van der Waals surface area (Å²) in [4.78, 5) is 6.92. The van der Waals surface area contributed by atoms with Gasteiger partial charge in [-0.25, -0.2) is 4.98 Å². The average molecular weight is 261 g/mol. The van der Waals surface area contributed by atoms with Crippen molar-refractivity contribution in [2.45, 2.75) is 31.8 Å². The largest absolute Gasteiger partial charge is 0.481 e. The van der Waals surface area contributed by atoms with E-state index in [9.17, 15) is 0 Å². The summed E-state index contributed by atoms with van der Waals surface area (Å²) in [6.45, 7) is 6.61. The van der Waals surface area contributed by atoms with Crippen LogP contribution in [0.1, 0.15) is 25.3 Å². The van der Waals surface area contributed by atoms with E-state index in [1.165, 1.54) is 18.4 Å². The average Bonchev–Trinajstić information content (AvgIpc) is 3.27. The van der Waals surface area contributed by atoms with E-state index in [4.69, 9.17) is 4.74 Å². The van der Waals surface area contributed by atoms with Crippen LogP contribution in [0.5, 0.6) is 5.88 Å². The van der Waals surface area contributed by atoms with E-state index in [0.29, 0.717) is 5.54 Å². The molecule has 1 N–H and O–H groups in total. The monoisotopic (exact) mass is 261 g/mol. The van der Waals surface area contributed by atoms with Gasteiger partial charge in [0.15, 0.2) is 0 Å². The Hall–Kier alpha value is -1.13. The third kappa shape index (κ3) is 2.47. The molecule has 1 saturated heterocycles. The number of pyridine rings is 1. The number of nitrogens with zero attached hydrogens (tertiary/aromatic N) is 2. The fourth-order valence-electron chi connectivity index (χ4n) is 3.22. The van der Waals surface area contributed by atoms with Gasteiger partial charge < -0.3 is 10.1 Å². The number of hydrogen-bond donors (Lipinski definition) is 1. The van der Waals surface area contributed by atoms with E-state index >= 15 is 0 Å². The predicted octanol–water partition coefficient (Wildman–Crippen LogP) is 1.66. The summed E-state index contributed by atoms with van der Waals surface area (Å²) in [6.07, 6.45) is 4.54. The summed E-state index contributed by atoms with van der Waals surface area (Å²) in [5.41, 5.74) is 1.48. The van der Waals surface area contributed by atoms with Crippen LogP contribution in [0.15, 0.2) is 18.3 Å². The lowest BCUT2D eigenvalue weighted by Crippen LogP contribution is -2.60. The van der Waals surface area contributed by atoms with Crippen molar-refractivity contribution in [2.75, 3.05) is 26.7 Å². The molecule has 2 aliphatic rings. The minimum Gasteiger partial charge on any atom is -0.481 e. The zero-order valence-corrected chi connectivity index (χ0v) is 11.9. The highest BCUT2D eigenvalue weighted by atomic mass is 16.5. The molecule has 1 atom stereocenters. The molecular weight excluding hydrogens is 238 g/mol. The maximum Gasteiger partial charge on any atom is 0.217 e. The minimum atomic E-state index is 0.291. The Bertz CT molecular complexity index is 447. The molecule has 1 aliphatic carbocycles. The Morgan fingerprint density at radius 2 is 2.37 bits per heavy atom. The Morgan fingerprint density at radius 1 is 1.53 bits per heavy atom. The number of rotatable bonds is 4. The van der Waals surface area contributed by atoms with Gasteiger partial charge in [0.2, 0.25) is 5.88 Å². The molecule has 1 unspecified atom stereocenters. The van der Waals surface area contributed by atoms with Crippen LogP contribution >= 0.6 is 0 Å². The zero-order chi connectivity index (χ0) is 13.3. The second kappa shape index (κ2) is 5.10. The lowest BCUT2D eigenvalue weighted by Gasteiger charge is -2.46. The van der Waals surface area contributed by atoms with Gasteiger partial charge in [0.1, 0.15) is 0 Å². The van der Waals surface area contributed by atoms with Crippen molar-refractivity contribution in [3.63, 3.8) is 0 Å². The number of hydrogen-bond acceptors (Lipinski definition) is 4. The van der Waals surface area contributed by atoms with Gasteiger partial charge in [-0.3, -0.25) is 4.90 Å². The molecule has 3 rings (SSSR count). The van der Waals surface area contributed by atoms with Crippen molar-refractivity contribution in [2.24, 2.45) is 5.92 Å². The fraction of sp³-hybridized carbons (Fsp3) is 0.667. The Kier molecular flexibility index (Phi) is 3.46. The van der Waals surface area contributed by atoms with E-state index in [1.54, 1.807) is 13.3 Å². The maximum atomic E-state index is 5.38. The number of ether oxygens (including phenoxy) is 1. The van der Waals surface area contributed by atoms with Gasteiger partial charge in [0.25, 0.3) is 0 Å². The smallest absolute Gasteiger partial charge is 0.217 e. The highest BCUT2D eigenvalue weighted by Crippen LogP contribution is 2.44. The lowest BCUT2D eigenvalue weighted by atomic mass is 9.90. The van der Waals surface area contributed by atoms with Gasteiger partial charge in [-0.2, -0.15) is 0 Å². The van der Waals surface area contributed by atoms with Crippen molar-refractivity contribution in [3.05, 3.63) is 23.9 Å². The lowest BCUT2D eigenvalue weighted by molar-refractivity contribution is 0.0476. The van der Waals surface area contributed by atoms with Gasteiger partial charge >= 0.3 is 0 Å². The number of methoxy groups -OCH3 is 1. The molecule has 2 heterocycles. The normalized spacial score (nSPS) is 28.3. The molecular formula is C15H23N3O. The van der Waals surface area contributed by atoms with Gasteiger partial charge in [0.05, 0.1) is 7.11 Å². The first-order valence-corrected chi connectivity index (χ1v) is 7.17. The first-order chi connectivity index (χ1) is 9.24. The Balaban J connectivity index is 1.80. The minimum absolute atomic E-state index is 0.291. The molecule has 19 heavy (non-hydrogen) atoms. The third-order valence-electron chi connectivity index (χ3n) is 4.63. The predicted molar refractivity (Wildman–Crippen MR) is 75.2 cm³/mol. The van der Waals surface area contributed by atoms with Crippen LogP contribution in [0.4, 0.5) is 0 Å². The van der Waals surface area contributed by atoms with E-state index < -0.39 is 0 Å². The Morgan fingerprint density at radius 3 is 3.11 bits per heavy atom. The molecule has 0 radical (unpaired) electrons. The summed E-state index contributed by atoms with van der Waals surface area (Å²) in [7, 11) is 1.70. The molecule has 0 spiro atoms. The second-order valence-electron chi connectivity index (χ2n) is 5.90. The van der Waals surface area contributed by atoms with Crippen molar-refractivity contribution in [1.29, 1.82) is 0 Å². The van der Waals surface area contributed by atoms with E-state index in [0.717, 1.165) is 38.0 Å². The maximum absolute atomic E-state index is 5.38. The topological polar surface area (TPSA) is 37.4 Å². The quantitative estimate of drug-likeness (QED) is 0.894. The van der Waals surface area contributed by atoms with E-state index in [-0.39, 0.29) is 0 Å². The van der Waals surface area contributed by atoms with Crippen LogP contribution in [0.3, 0.4) is 0 Å². The van der Waals surface area contributed by atoms with Crippen molar-refractivity contribution < 1.29 is 4.74 Å². The second-order valence-corrected chi connectivity index (χ2v) is 5.90. The first kappa shape index (κ1) is 12.9. The zero-order valence-electron chi connectivity index (χ0n) is 11.9. The van der Waals surface area contributed by atoms with Crippen LogP contribution in [-0.2, 0) is 6.54 Å². The molecule has 0 aromatic carbocycles. The SMILES string of the molecule is COc1ncccc1CN1CCNCC1(C)C1CC1. The molecule has 1 aromatic heterocycles. The number of nitrogens with one attached hydrogen (secondary N) is 1. The van der Waals surface area contributed by atoms with Gasteiger partial charge in [0, 0.05) is 43.5 Å². The van der Waals surface area contributed by atoms with Crippen LogP contribution in [0, 0.1) is 5.92 Å². The highest BCUT2D eigenvalue weighted by Gasteiger charge is 2.46. The van der Waals surface area contributed by atoms with Crippen molar-refractivity contribution >= 4 is 0 Å². The van der Waals surface area contributed by atoms with Crippen molar-refractivity contribution in [1.82, 2.24) is 15.2 Å². The highest BCUT2D eigenvalue weighted by molar-refractivity contribution is 5.25. The summed E-state index contributed by atoms with van der Waals surface area (Å²) in [5, 5.41) is 3.55. The van der Waals surface area contributed by atoms with E-state index in [1.807, 2.05) is 6.07 Å². The van der Waals surface area contributed by atoms with Crippen LogP contribution in [0.25, 0.3) is 0 Å². The summed E-state index contributed by atoms with van der Waals surface area (Å²) in [6, 6.07) is 4.12. The molecule has 104 valence electrons. The fourth-order valence-corrected chi connectivity index (χ4v) is 3.22. The molecule has 1 aliphatic heterocycles. The van der Waals surface area contributed by atoms with Gasteiger partial charge in [-0.05, 0) is 31.7 Å². The number of piperazine rings is 1. The molecule has 0 bridgehead atoms. The van der Waals surface area contributed by atoms with Crippen LogP contribution < -0.4 is 10.1 Å². The standard InChI is InChI=1S/C15H23N3O/c1-15(13-5-6-13)11-16-8-9-18(15)10-12-4-3-7-17-14(12)19-2/h3-4,7,13,16H,5-6,8-11H2,1-2H3. The molecule has 4 heteroatoms. The molecule has 2 fully saturated rings. The third-order valence-corrected chi connectivity index (χ3v) is 4.63. The summed E-state index contributed by atoms with van der Waals surface area (Å²) >= 11 is 0. The van der Waals surface area contributed by atoms with Gasteiger partial charge in [-0.1, -0.05) is 6.07 Å². The molecule has 0 amide bonds. The van der Waals surface area contributed by atoms with Crippen LogP contribution in [-0.4, -0.2) is 42.2 Å². The summed E-state index contributed by atoms with van der Waals surface area (Å²) in [5.74, 6) is 1.61. The number of aromatic nitrogens is 1.